The maximum atomic E-state index is 13.0. The number of carbonyl (C=O) groups is 2. The van der Waals surface area contributed by atoms with Gasteiger partial charge in [0, 0.05) is 24.7 Å². The Hall–Kier alpha value is -3.80. The average molecular weight is 486 g/mol. The summed E-state index contributed by atoms with van der Waals surface area (Å²) in [5.74, 6) is 1.96. The zero-order chi connectivity index (χ0) is 25.0. The lowest BCUT2D eigenvalue weighted by Crippen LogP contribution is -2.49. The number of para-hydroxylation sites is 1. The van der Waals surface area contributed by atoms with Crippen molar-refractivity contribution >= 4 is 17.6 Å². The van der Waals surface area contributed by atoms with E-state index in [4.69, 9.17) is 4.74 Å². The van der Waals surface area contributed by atoms with Gasteiger partial charge in [0.05, 0.1) is 0 Å². The summed E-state index contributed by atoms with van der Waals surface area (Å²) in [5, 5.41) is 8.73. The minimum absolute atomic E-state index is 0.165. The monoisotopic (exact) mass is 485 g/mol. The van der Waals surface area contributed by atoms with Gasteiger partial charge in [-0.1, -0.05) is 80.3 Å². The number of benzene rings is 3. The number of hydrogen-bond acceptors (Lipinski definition) is 3. The number of nitrogens with one attached hydrogen (secondary N) is 3. The fraction of sp³-hybridized carbons (Fsp3) is 0.333. The molecule has 36 heavy (non-hydrogen) atoms. The van der Waals surface area contributed by atoms with E-state index in [1.54, 1.807) is 12.1 Å². The third kappa shape index (κ3) is 8.15. The van der Waals surface area contributed by atoms with Crippen molar-refractivity contribution in [3.63, 3.8) is 0 Å². The first-order chi connectivity index (χ1) is 17.7. The van der Waals surface area contributed by atoms with Crippen LogP contribution in [0.3, 0.4) is 0 Å². The third-order valence-electron chi connectivity index (χ3n) is 6.54. The van der Waals surface area contributed by atoms with Crippen molar-refractivity contribution in [1.29, 1.82) is 0 Å². The Bertz CT molecular complexity index is 1100. The van der Waals surface area contributed by atoms with Crippen molar-refractivity contribution in [3.05, 3.63) is 90.5 Å². The fourth-order valence-electron chi connectivity index (χ4n) is 4.67. The number of anilines is 1. The van der Waals surface area contributed by atoms with Gasteiger partial charge in [0.15, 0.2) is 0 Å². The number of hydrogen-bond donors (Lipinski definition) is 3. The molecule has 188 valence electrons. The highest BCUT2D eigenvalue weighted by atomic mass is 16.5. The van der Waals surface area contributed by atoms with Crippen molar-refractivity contribution in [2.75, 3.05) is 11.9 Å². The summed E-state index contributed by atoms with van der Waals surface area (Å²) in [4.78, 5) is 25.9. The number of carbonyl (C=O) groups excluding carboxylic acids is 2. The van der Waals surface area contributed by atoms with Crippen LogP contribution in [-0.4, -0.2) is 24.5 Å². The molecule has 3 N–H and O–H groups in total. The van der Waals surface area contributed by atoms with Gasteiger partial charge >= 0.3 is 6.03 Å². The van der Waals surface area contributed by atoms with E-state index in [-0.39, 0.29) is 5.91 Å². The molecule has 0 bridgehead atoms. The van der Waals surface area contributed by atoms with Crippen LogP contribution in [0.2, 0.25) is 0 Å². The molecule has 0 heterocycles. The van der Waals surface area contributed by atoms with Crippen LogP contribution in [0.4, 0.5) is 10.5 Å². The molecule has 0 spiro atoms. The average Bonchev–Trinajstić information content (AvgIpc) is 3.41. The first-order valence-electron chi connectivity index (χ1n) is 12.9. The molecule has 0 unspecified atom stereocenters. The molecule has 0 aliphatic heterocycles. The van der Waals surface area contributed by atoms with Crippen LogP contribution in [0.5, 0.6) is 11.5 Å². The van der Waals surface area contributed by atoms with Gasteiger partial charge in [0.25, 0.3) is 0 Å². The second kappa shape index (κ2) is 13.3. The van der Waals surface area contributed by atoms with E-state index in [9.17, 15) is 9.59 Å². The zero-order valence-corrected chi connectivity index (χ0v) is 20.6. The molecule has 1 aliphatic carbocycles. The molecule has 1 aliphatic rings. The molecule has 1 atom stereocenters. The highest BCUT2D eigenvalue weighted by Crippen LogP contribution is 2.28. The molecular weight excluding hydrogens is 450 g/mol. The molecule has 0 saturated heterocycles. The topological polar surface area (TPSA) is 79.5 Å². The second-order valence-electron chi connectivity index (χ2n) is 9.37. The lowest BCUT2D eigenvalue weighted by Gasteiger charge is -2.19. The summed E-state index contributed by atoms with van der Waals surface area (Å²) in [5.41, 5.74) is 1.57. The smallest absolute Gasteiger partial charge is 0.319 e. The Morgan fingerprint density at radius 1 is 0.861 bits per heavy atom. The van der Waals surface area contributed by atoms with Crippen LogP contribution in [0.15, 0.2) is 84.9 Å². The summed E-state index contributed by atoms with van der Waals surface area (Å²) >= 11 is 0. The van der Waals surface area contributed by atoms with Crippen LogP contribution in [0.25, 0.3) is 0 Å². The highest BCUT2D eigenvalue weighted by molar-refractivity contribution is 5.94. The standard InChI is InChI=1S/C30H35N3O3/c34-29(31-20-10-15-23-11-7-8-12-23)28(21-24-13-3-1-4-14-24)33-30(35)32-25-16-9-19-27(22-25)36-26-17-5-2-6-18-26/h1-6,9,13-14,16-19,22-23,28H,7-8,10-12,15,20-21H2,(H,31,34)(H2,32,33,35)/t28-/m0/s1. The summed E-state index contributed by atoms with van der Waals surface area (Å²) < 4.78 is 5.85. The minimum atomic E-state index is -0.678. The molecule has 6 heteroatoms. The molecule has 1 fully saturated rings. The Morgan fingerprint density at radius 2 is 1.56 bits per heavy atom. The molecular formula is C30H35N3O3. The fourth-order valence-corrected chi connectivity index (χ4v) is 4.67. The SMILES string of the molecule is O=C(Nc1cccc(Oc2ccccc2)c1)N[C@@H](Cc1ccccc1)C(=O)NCCCC1CCCC1. The van der Waals surface area contributed by atoms with Crippen molar-refractivity contribution in [2.24, 2.45) is 5.92 Å². The Morgan fingerprint density at radius 3 is 2.31 bits per heavy atom. The molecule has 0 aromatic heterocycles. The highest BCUT2D eigenvalue weighted by Gasteiger charge is 2.22. The molecule has 1 saturated carbocycles. The lowest BCUT2D eigenvalue weighted by molar-refractivity contribution is -0.122. The largest absolute Gasteiger partial charge is 0.457 e. The van der Waals surface area contributed by atoms with E-state index in [1.807, 2.05) is 72.8 Å². The van der Waals surface area contributed by atoms with Crippen molar-refractivity contribution in [3.8, 4) is 11.5 Å². The number of ether oxygens (including phenoxy) is 1. The van der Waals surface area contributed by atoms with Gasteiger partial charge in [0.2, 0.25) is 5.91 Å². The molecule has 4 rings (SSSR count). The number of amides is 3. The van der Waals surface area contributed by atoms with E-state index in [0.717, 1.165) is 24.3 Å². The number of rotatable bonds is 11. The lowest BCUT2D eigenvalue weighted by atomic mass is 10.0. The van der Waals surface area contributed by atoms with Gasteiger partial charge < -0.3 is 20.7 Å². The van der Waals surface area contributed by atoms with Crippen molar-refractivity contribution in [2.45, 2.75) is 51.0 Å². The summed E-state index contributed by atoms with van der Waals surface area (Å²) in [6, 6.07) is 25.3. The maximum absolute atomic E-state index is 13.0. The van der Waals surface area contributed by atoms with Gasteiger partial charge in [-0.3, -0.25) is 4.79 Å². The van der Waals surface area contributed by atoms with Crippen LogP contribution in [0.1, 0.15) is 44.1 Å². The van der Waals surface area contributed by atoms with Crippen LogP contribution < -0.4 is 20.7 Å². The number of urea groups is 1. The van der Waals surface area contributed by atoms with Gasteiger partial charge in [-0.05, 0) is 48.6 Å². The summed E-state index contributed by atoms with van der Waals surface area (Å²) in [6.45, 7) is 0.628. The van der Waals surface area contributed by atoms with E-state index >= 15 is 0 Å². The van der Waals surface area contributed by atoms with Gasteiger partial charge in [-0.15, -0.1) is 0 Å². The first-order valence-corrected chi connectivity index (χ1v) is 12.9. The van der Waals surface area contributed by atoms with E-state index in [0.29, 0.717) is 30.2 Å². The van der Waals surface area contributed by atoms with Crippen molar-refractivity contribution < 1.29 is 14.3 Å². The van der Waals surface area contributed by atoms with Crippen LogP contribution in [0, 0.1) is 5.92 Å². The van der Waals surface area contributed by atoms with E-state index in [2.05, 4.69) is 16.0 Å². The predicted molar refractivity (Wildman–Crippen MR) is 143 cm³/mol. The Labute approximate surface area is 213 Å². The molecule has 3 aromatic carbocycles. The molecule has 0 radical (unpaired) electrons. The Balaban J connectivity index is 1.33. The summed E-state index contributed by atoms with van der Waals surface area (Å²) in [6.07, 6.45) is 7.81. The van der Waals surface area contributed by atoms with Crippen molar-refractivity contribution in [1.82, 2.24) is 10.6 Å². The van der Waals surface area contributed by atoms with Gasteiger partial charge in [-0.2, -0.15) is 0 Å². The van der Waals surface area contributed by atoms with Crippen LogP contribution >= 0.6 is 0 Å². The minimum Gasteiger partial charge on any atom is -0.457 e. The molecule has 3 aromatic rings. The van der Waals surface area contributed by atoms with Crippen LogP contribution in [-0.2, 0) is 11.2 Å². The maximum Gasteiger partial charge on any atom is 0.319 e. The first kappa shape index (κ1) is 25.3. The third-order valence-corrected chi connectivity index (χ3v) is 6.54. The molecule has 3 amide bonds. The quantitative estimate of drug-likeness (QED) is 0.279. The zero-order valence-electron chi connectivity index (χ0n) is 20.6. The normalized spacial score (nSPS) is 14.1. The summed E-state index contributed by atoms with van der Waals surface area (Å²) in [7, 11) is 0. The van der Waals surface area contributed by atoms with E-state index in [1.165, 1.54) is 25.7 Å². The second-order valence-corrected chi connectivity index (χ2v) is 9.37. The Kier molecular flexibility index (Phi) is 9.37. The van der Waals surface area contributed by atoms with Gasteiger partial charge in [-0.25, -0.2) is 4.79 Å². The van der Waals surface area contributed by atoms with E-state index < -0.39 is 12.1 Å². The predicted octanol–water partition coefficient (Wildman–Crippen LogP) is 6.30. The van der Waals surface area contributed by atoms with Gasteiger partial charge in [0.1, 0.15) is 17.5 Å². The molecule has 6 nitrogen and oxygen atoms in total.